The summed E-state index contributed by atoms with van der Waals surface area (Å²) >= 11 is 0. The lowest BCUT2D eigenvalue weighted by Crippen LogP contribution is -2.50. The van der Waals surface area contributed by atoms with Gasteiger partial charge in [0.15, 0.2) is 0 Å². The van der Waals surface area contributed by atoms with Gasteiger partial charge in [-0.1, -0.05) is 24.3 Å². The zero-order valence-electron chi connectivity index (χ0n) is 16.8. The Morgan fingerprint density at radius 3 is 2.86 bits per heavy atom. The Kier molecular flexibility index (Phi) is 5.80. The third-order valence-corrected chi connectivity index (χ3v) is 5.75. The number of benzene rings is 1. The number of piperazine rings is 1. The first kappa shape index (κ1) is 19.4. The van der Waals surface area contributed by atoms with Gasteiger partial charge in [0.05, 0.1) is 0 Å². The van der Waals surface area contributed by atoms with Crippen LogP contribution in [-0.2, 0) is 24.8 Å². The molecule has 0 radical (unpaired) electrons. The van der Waals surface area contributed by atoms with Crippen molar-refractivity contribution in [3.05, 3.63) is 53.6 Å². The van der Waals surface area contributed by atoms with Gasteiger partial charge in [-0.2, -0.15) is 0 Å². The maximum absolute atomic E-state index is 12.8. The SMILES string of the molecule is Cn1ccnc1C1CNCCN1C(=O)CCNC(=O)N1CCc2ccccc2C1. The van der Waals surface area contributed by atoms with E-state index in [4.69, 9.17) is 0 Å². The summed E-state index contributed by atoms with van der Waals surface area (Å²) in [5.41, 5.74) is 2.51. The molecule has 1 fully saturated rings. The van der Waals surface area contributed by atoms with Crippen LogP contribution in [0.4, 0.5) is 4.79 Å². The summed E-state index contributed by atoms with van der Waals surface area (Å²) in [6.45, 7) is 3.77. The van der Waals surface area contributed by atoms with Crippen LogP contribution in [0, 0.1) is 0 Å². The maximum Gasteiger partial charge on any atom is 0.317 e. The average Bonchev–Trinajstić information content (AvgIpc) is 3.19. The molecule has 0 bridgehead atoms. The van der Waals surface area contributed by atoms with Crippen LogP contribution in [0.5, 0.6) is 0 Å². The van der Waals surface area contributed by atoms with Crippen LogP contribution in [0.25, 0.3) is 0 Å². The van der Waals surface area contributed by atoms with E-state index in [1.807, 2.05) is 39.7 Å². The van der Waals surface area contributed by atoms with Crippen LogP contribution in [-0.4, -0.2) is 64.0 Å². The van der Waals surface area contributed by atoms with E-state index < -0.39 is 0 Å². The summed E-state index contributed by atoms with van der Waals surface area (Å²) in [6.07, 6.45) is 4.80. The Bertz CT molecular complexity index is 880. The number of urea groups is 1. The van der Waals surface area contributed by atoms with Crippen LogP contribution < -0.4 is 10.6 Å². The van der Waals surface area contributed by atoms with E-state index in [0.29, 0.717) is 32.7 Å². The highest BCUT2D eigenvalue weighted by atomic mass is 16.2. The van der Waals surface area contributed by atoms with Gasteiger partial charge < -0.3 is 25.0 Å². The molecule has 0 aliphatic carbocycles. The molecule has 2 aliphatic rings. The largest absolute Gasteiger partial charge is 0.337 e. The molecule has 8 heteroatoms. The second-order valence-corrected chi connectivity index (χ2v) is 7.63. The maximum atomic E-state index is 12.8. The van der Waals surface area contributed by atoms with E-state index in [-0.39, 0.29) is 24.4 Å². The lowest BCUT2D eigenvalue weighted by molar-refractivity contribution is -0.134. The lowest BCUT2D eigenvalue weighted by Gasteiger charge is -2.36. The predicted molar refractivity (Wildman–Crippen MR) is 109 cm³/mol. The molecule has 0 spiro atoms. The van der Waals surface area contributed by atoms with E-state index in [2.05, 4.69) is 27.8 Å². The van der Waals surface area contributed by atoms with Crippen molar-refractivity contribution in [3.63, 3.8) is 0 Å². The molecule has 0 saturated carbocycles. The fraction of sp³-hybridized carbons (Fsp3) is 0.476. The van der Waals surface area contributed by atoms with Crippen molar-refractivity contribution in [1.29, 1.82) is 0 Å². The molecule has 8 nitrogen and oxygen atoms in total. The molecule has 1 aromatic heterocycles. The minimum absolute atomic E-state index is 0.0452. The highest BCUT2D eigenvalue weighted by Gasteiger charge is 2.30. The molecule has 2 aromatic rings. The number of carbonyl (C=O) groups is 2. The Labute approximate surface area is 170 Å². The van der Waals surface area contributed by atoms with Gasteiger partial charge >= 0.3 is 6.03 Å². The molecule has 154 valence electrons. The molecular formula is C21H28N6O2. The second kappa shape index (κ2) is 8.65. The minimum atomic E-state index is -0.103. The fourth-order valence-corrected chi connectivity index (χ4v) is 4.13. The molecule has 1 aromatic carbocycles. The quantitative estimate of drug-likeness (QED) is 0.809. The van der Waals surface area contributed by atoms with E-state index >= 15 is 0 Å². The van der Waals surface area contributed by atoms with Gasteiger partial charge in [0.25, 0.3) is 0 Å². The third kappa shape index (κ3) is 4.27. The van der Waals surface area contributed by atoms with Gasteiger partial charge in [-0.3, -0.25) is 4.79 Å². The van der Waals surface area contributed by atoms with Crippen molar-refractivity contribution < 1.29 is 9.59 Å². The Morgan fingerprint density at radius 1 is 1.24 bits per heavy atom. The van der Waals surface area contributed by atoms with Gasteiger partial charge in [-0.05, 0) is 17.5 Å². The summed E-state index contributed by atoms with van der Waals surface area (Å²) in [5, 5.41) is 6.25. The number of hydrogen-bond donors (Lipinski definition) is 2. The molecule has 2 N–H and O–H groups in total. The van der Waals surface area contributed by atoms with Crippen molar-refractivity contribution in [2.24, 2.45) is 7.05 Å². The lowest BCUT2D eigenvalue weighted by atomic mass is 10.0. The van der Waals surface area contributed by atoms with Crippen molar-refractivity contribution >= 4 is 11.9 Å². The van der Waals surface area contributed by atoms with Gasteiger partial charge in [0, 0.05) is 65.1 Å². The summed E-state index contributed by atoms with van der Waals surface area (Å²) in [6, 6.07) is 8.05. The zero-order valence-corrected chi connectivity index (χ0v) is 16.8. The first-order valence-electron chi connectivity index (χ1n) is 10.2. The van der Waals surface area contributed by atoms with Crippen molar-refractivity contribution in [2.75, 3.05) is 32.7 Å². The van der Waals surface area contributed by atoms with E-state index in [1.54, 1.807) is 6.20 Å². The van der Waals surface area contributed by atoms with Crippen LogP contribution in [0.1, 0.15) is 29.4 Å². The first-order valence-corrected chi connectivity index (χ1v) is 10.2. The van der Waals surface area contributed by atoms with Crippen LogP contribution >= 0.6 is 0 Å². The summed E-state index contributed by atoms with van der Waals surface area (Å²) in [7, 11) is 1.94. The van der Waals surface area contributed by atoms with E-state index in [0.717, 1.165) is 18.8 Å². The number of aromatic nitrogens is 2. The predicted octanol–water partition coefficient (Wildman–Crippen LogP) is 1.05. The topological polar surface area (TPSA) is 82.5 Å². The molecular weight excluding hydrogens is 368 g/mol. The summed E-state index contributed by atoms with van der Waals surface area (Å²) in [5.74, 6) is 0.922. The van der Waals surface area contributed by atoms with Crippen molar-refractivity contribution in [3.8, 4) is 0 Å². The van der Waals surface area contributed by atoms with Gasteiger partial charge in [-0.15, -0.1) is 0 Å². The Hall–Kier alpha value is -2.87. The zero-order chi connectivity index (χ0) is 20.2. The fourth-order valence-electron chi connectivity index (χ4n) is 4.13. The Balaban J connectivity index is 1.29. The Morgan fingerprint density at radius 2 is 2.07 bits per heavy atom. The number of nitrogens with one attached hydrogen (secondary N) is 2. The molecule has 4 rings (SSSR count). The number of imidazole rings is 1. The number of nitrogens with zero attached hydrogens (tertiary/aromatic N) is 4. The van der Waals surface area contributed by atoms with Gasteiger partial charge in [0.1, 0.15) is 11.9 Å². The van der Waals surface area contributed by atoms with E-state index in [1.165, 1.54) is 11.1 Å². The number of rotatable bonds is 4. The first-order chi connectivity index (χ1) is 14.1. The molecule has 1 atom stereocenters. The molecule has 29 heavy (non-hydrogen) atoms. The van der Waals surface area contributed by atoms with Crippen LogP contribution in [0.2, 0.25) is 0 Å². The average molecular weight is 396 g/mol. The van der Waals surface area contributed by atoms with Crippen LogP contribution in [0.3, 0.4) is 0 Å². The highest BCUT2D eigenvalue weighted by Crippen LogP contribution is 2.21. The normalized spacial score (nSPS) is 19.0. The number of aryl methyl sites for hydroxylation is 1. The smallest absolute Gasteiger partial charge is 0.317 e. The summed E-state index contributed by atoms with van der Waals surface area (Å²) < 4.78 is 1.95. The number of amides is 3. The van der Waals surface area contributed by atoms with Gasteiger partial charge in [-0.25, -0.2) is 9.78 Å². The molecule has 1 unspecified atom stereocenters. The molecule has 3 amide bonds. The van der Waals surface area contributed by atoms with E-state index in [9.17, 15) is 9.59 Å². The number of carbonyl (C=O) groups excluding carboxylic acids is 2. The second-order valence-electron chi connectivity index (χ2n) is 7.63. The van der Waals surface area contributed by atoms with Gasteiger partial charge in [0.2, 0.25) is 5.91 Å². The minimum Gasteiger partial charge on any atom is -0.337 e. The number of hydrogen-bond acceptors (Lipinski definition) is 4. The van der Waals surface area contributed by atoms with Crippen molar-refractivity contribution in [1.82, 2.24) is 30.0 Å². The number of fused-ring (bicyclic) bond motifs is 1. The highest BCUT2D eigenvalue weighted by molar-refractivity contribution is 5.79. The third-order valence-electron chi connectivity index (χ3n) is 5.75. The standard InChI is InChI=1S/C21H28N6O2/c1-25-12-10-23-20(25)18-14-22-9-13-27(18)19(28)6-8-24-21(29)26-11-7-16-4-2-3-5-17(16)15-26/h2-5,10,12,18,22H,6-9,11,13-15H2,1H3,(H,24,29). The summed E-state index contributed by atoms with van der Waals surface area (Å²) in [4.78, 5) is 33.5. The monoisotopic (exact) mass is 396 g/mol. The molecule has 3 heterocycles. The van der Waals surface area contributed by atoms with Crippen molar-refractivity contribution in [2.45, 2.75) is 25.4 Å². The van der Waals surface area contributed by atoms with Crippen LogP contribution in [0.15, 0.2) is 36.7 Å². The molecule has 1 saturated heterocycles. The molecule has 2 aliphatic heterocycles.